The maximum absolute atomic E-state index is 11.3. The highest BCUT2D eigenvalue weighted by Gasteiger charge is 2.17. The molecule has 0 aliphatic rings. The molecule has 0 saturated carbocycles. The Morgan fingerprint density at radius 2 is 2.06 bits per heavy atom. The average molecular weight is 266 g/mol. The summed E-state index contributed by atoms with van der Waals surface area (Å²) < 4.78 is 15.5. The van der Waals surface area contributed by atoms with Gasteiger partial charge in [-0.05, 0) is 6.92 Å². The van der Waals surface area contributed by atoms with E-state index >= 15 is 0 Å². The molecule has 100 valence electrons. The maximum Gasteiger partial charge on any atom is 0.334 e. The van der Waals surface area contributed by atoms with Crippen molar-refractivity contribution >= 4 is 22.8 Å². The minimum Gasteiger partial charge on any atom is -0.479 e. The Morgan fingerprint density at radius 3 is 2.47 bits per heavy atom. The van der Waals surface area contributed by atoms with Crippen LogP contribution in [0.3, 0.4) is 0 Å². The first kappa shape index (κ1) is 15.9. The number of methoxy groups -OCH3 is 1. The molecule has 0 fully saturated rings. The SMILES string of the molecule is COC(CNC(=O)NC(C)CS(C)=O)C(=O)O. The third kappa shape index (κ3) is 7.70. The number of rotatable bonds is 7. The first-order valence-electron chi connectivity index (χ1n) is 4.96. The number of hydrogen-bond acceptors (Lipinski definition) is 4. The number of ether oxygens (including phenoxy) is 1. The largest absolute Gasteiger partial charge is 0.479 e. The molecule has 17 heavy (non-hydrogen) atoms. The number of nitrogens with one attached hydrogen (secondary N) is 2. The zero-order valence-electron chi connectivity index (χ0n) is 10.1. The molecular weight excluding hydrogens is 248 g/mol. The number of hydrogen-bond donors (Lipinski definition) is 3. The van der Waals surface area contributed by atoms with Gasteiger partial charge in [0.25, 0.3) is 0 Å². The van der Waals surface area contributed by atoms with E-state index in [1.165, 1.54) is 7.11 Å². The van der Waals surface area contributed by atoms with Crippen LogP contribution in [0.2, 0.25) is 0 Å². The van der Waals surface area contributed by atoms with Crippen LogP contribution in [0.5, 0.6) is 0 Å². The summed E-state index contributed by atoms with van der Waals surface area (Å²) >= 11 is 0. The van der Waals surface area contributed by atoms with Crippen molar-refractivity contribution < 1.29 is 23.6 Å². The topological polar surface area (TPSA) is 105 Å². The van der Waals surface area contributed by atoms with Gasteiger partial charge in [-0.3, -0.25) is 4.21 Å². The van der Waals surface area contributed by atoms with E-state index in [2.05, 4.69) is 15.4 Å². The smallest absolute Gasteiger partial charge is 0.334 e. The summed E-state index contributed by atoms with van der Waals surface area (Å²) in [5.41, 5.74) is 0. The highest BCUT2D eigenvalue weighted by atomic mass is 32.2. The minimum atomic E-state index is -1.14. The third-order valence-corrected chi connectivity index (χ3v) is 2.84. The number of carbonyl (C=O) groups excluding carboxylic acids is 1. The van der Waals surface area contributed by atoms with Crippen molar-refractivity contribution in [3.63, 3.8) is 0 Å². The standard InChI is InChI=1S/C9H18N2O5S/c1-6(5-17(3)15)11-9(14)10-4-7(16-2)8(12)13/h6-7H,4-5H2,1-3H3,(H,12,13)(H2,10,11,14). The zero-order chi connectivity index (χ0) is 13.4. The molecule has 7 nitrogen and oxygen atoms in total. The van der Waals surface area contributed by atoms with Crippen molar-refractivity contribution in [1.29, 1.82) is 0 Å². The van der Waals surface area contributed by atoms with E-state index in [0.29, 0.717) is 5.75 Å². The van der Waals surface area contributed by atoms with E-state index in [1.54, 1.807) is 13.2 Å². The van der Waals surface area contributed by atoms with Gasteiger partial charge in [0.05, 0.1) is 6.54 Å². The quantitative estimate of drug-likeness (QED) is 0.557. The lowest BCUT2D eigenvalue weighted by atomic mass is 10.3. The number of amides is 2. The van der Waals surface area contributed by atoms with Gasteiger partial charge >= 0.3 is 12.0 Å². The van der Waals surface area contributed by atoms with E-state index < -0.39 is 28.9 Å². The van der Waals surface area contributed by atoms with Gasteiger partial charge in [-0.15, -0.1) is 0 Å². The molecule has 3 atom stereocenters. The predicted molar refractivity (Wildman–Crippen MR) is 63.4 cm³/mol. The van der Waals surface area contributed by atoms with E-state index in [1.807, 2.05) is 0 Å². The summed E-state index contributed by atoms with van der Waals surface area (Å²) in [6.07, 6.45) is 0.470. The molecule has 0 bridgehead atoms. The maximum atomic E-state index is 11.3. The number of carboxylic acids is 1. The van der Waals surface area contributed by atoms with Crippen LogP contribution in [0.4, 0.5) is 4.79 Å². The van der Waals surface area contributed by atoms with Crippen molar-refractivity contribution in [3.05, 3.63) is 0 Å². The lowest BCUT2D eigenvalue weighted by Crippen LogP contribution is -2.46. The highest BCUT2D eigenvalue weighted by molar-refractivity contribution is 7.84. The molecule has 0 aromatic rings. The van der Waals surface area contributed by atoms with Crippen molar-refractivity contribution in [2.45, 2.75) is 19.1 Å². The Kier molecular flexibility index (Phi) is 7.47. The summed E-state index contributed by atoms with van der Waals surface area (Å²) in [6.45, 7) is 1.59. The molecule has 0 heterocycles. The number of aliphatic carboxylic acids is 1. The summed E-state index contributed by atoms with van der Waals surface area (Å²) in [6, 6.07) is -0.752. The molecule has 0 rings (SSSR count). The van der Waals surface area contributed by atoms with Crippen molar-refractivity contribution in [1.82, 2.24) is 10.6 Å². The fourth-order valence-corrected chi connectivity index (χ4v) is 1.91. The Balaban J connectivity index is 3.94. The summed E-state index contributed by atoms with van der Waals surface area (Å²) in [5, 5.41) is 13.6. The molecule has 0 aliphatic heterocycles. The molecular formula is C9H18N2O5S. The molecule has 8 heteroatoms. The number of carboxylic acid groups (broad SMARTS) is 1. The van der Waals surface area contributed by atoms with E-state index in [9.17, 15) is 13.8 Å². The Morgan fingerprint density at radius 1 is 1.47 bits per heavy atom. The molecule has 3 N–H and O–H groups in total. The van der Waals surface area contributed by atoms with Crippen LogP contribution < -0.4 is 10.6 Å². The lowest BCUT2D eigenvalue weighted by Gasteiger charge is -2.15. The second kappa shape index (κ2) is 8.02. The van der Waals surface area contributed by atoms with Gasteiger partial charge < -0.3 is 20.5 Å². The highest BCUT2D eigenvalue weighted by Crippen LogP contribution is 1.89. The van der Waals surface area contributed by atoms with Crippen molar-refractivity contribution in [3.8, 4) is 0 Å². The van der Waals surface area contributed by atoms with Crippen LogP contribution in [0.1, 0.15) is 6.92 Å². The Bertz CT molecular complexity index is 297. The second-order valence-corrected chi connectivity index (χ2v) is 5.04. The van der Waals surface area contributed by atoms with Gasteiger partial charge in [-0.25, -0.2) is 9.59 Å². The van der Waals surface area contributed by atoms with Crippen LogP contribution >= 0.6 is 0 Å². The first-order chi connectivity index (χ1) is 7.86. The molecule has 0 aromatic heterocycles. The third-order valence-electron chi connectivity index (χ3n) is 1.87. The van der Waals surface area contributed by atoms with E-state index in [-0.39, 0.29) is 12.6 Å². The lowest BCUT2D eigenvalue weighted by molar-refractivity contribution is -0.147. The molecule has 0 spiro atoms. The van der Waals surface area contributed by atoms with Crippen LogP contribution in [0.25, 0.3) is 0 Å². The van der Waals surface area contributed by atoms with Crippen LogP contribution in [-0.4, -0.2) is 59.1 Å². The number of urea groups is 1. The average Bonchev–Trinajstić information content (AvgIpc) is 2.16. The summed E-state index contributed by atoms with van der Waals surface area (Å²) in [5.74, 6) is -0.796. The monoisotopic (exact) mass is 266 g/mol. The van der Waals surface area contributed by atoms with Gasteiger partial charge in [0.2, 0.25) is 0 Å². The van der Waals surface area contributed by atoms with Crippen LogP contribution in [-0.2, 0) is 20.3 Å². The normalized spacial score (nSPS) is 15.7. The molecule has 0 aliphatic carbocycles. The number of carbonyl (C=O) groups is 2. The first-order valence-corrected chi connectivity index (χ1v) is 6.69. The van der Waals surface area contributed by atoms with Gasteiger partial charge in [0.15, 0.2) is 6.10 Å². The van der Waals surface area contributed by atoms with Gasteiger partial charge in [-0.2, -0.15) is 0 Å². The molecule has 0 aromatic carbocycles. The Hall–Kier alpha value is -1.15. The minimum absolute atomic E-state index is 0.125. The molecule has 0 saturated heterocycles. The van der Waals surface area contributed by atoms with Gasteiger partial charge in [0, 0.05) is 36.0 Å². The summed E-state index contributed by atoms with van der Waals surface area (Å²) in [4.78, 5) is 21.9. The summed E-state index contributed by atoms with van der Waals surface area (Å²) in [7, 11) is 0.256. The van der Waals surface area contributed by atoms with E-state index in [0.717, 1.165) is 0 Å². The fourth-order valence-electron chi connectivity index (χ4n) is 1.13. The zero-order valence-corrected chi connectivity index (χ0v) is 10.9. The fraction of sp³-hybridized carbons (Fsp3) is 0.778. The van der Waals surface area contributed by atoms with E-state index in [4.69, 9.17) is 5.11 Å². The van der Waals surface area contributed by atoms with Crippen LogP contribution in [0.15, 0.2) is 0 Å². The van der Waals surface area contributed by atoms with Gasteiger partial charge in [-0.1, -0.05) is 0 Å². The Labute approximate surface area is 102 Å². The van der Waals surface area contributed by atoms with Crippen LogP contribution in [0, 0.1) is 0 Å². The van der Waals surface area contributed by atoms with Gasteiger partial charge in [0.1, 0.15) is 0 Å². The van der Waals surface area contributed by atoms with Crippen molar-refractivity contribution in [2.75, 3.05) is 25.7 Å². The molecule has 0 radical (unpaired) electrons. The molecule has 2 amide bonds. The molecule has 3 unspecified atom stereocenters. The predicted octanol–water partition coefficient (Wildman–Crippen LogP) is -0.848. The second-order valence-electron chi connectivity index (χ2n) is 3.56. The van der Waals surface area contributed by atoms with Crippen molar-refractivity contribution in [2.24, 2.45) is 0 Å².